The zero-order valence-electron chi connectivity index (χ0n) is 13.7. The van der Waals surface area contributed by atoms with Crippen molar-refractivity contribution in [3.05, 3.63) is 15.1 Å². The number of rotatable bonds is 6. The summed E-state index contributed by atoms with van der Waals surface area (Å²) in [5.74, 6) is 4.18. The van der Waals surface area contributed by atoms with E-state index in [1.807, 2.05) is 0 Å². The molecule has 0 bridgehead atoms. The van der Waals surface area contributed by atoms with Crippen LogP contribution >= 0.6 is 22.6 Å². The Morgan fingerprint density at radius 2 is 2.00 bits per heavy atom. The maximum Gasteiger partial charge on any atom is 0.143 e. The monoisotopic (exact) mass is 401 g/mol. The first-order chi connectivity index (χ1) is 10.0. The third kappa shape index (κ3) is 4.30. The summed E-state index contributed by atoms with van der Waals surface area (Å²) in [7, 11) is 0. The average molecular weight is 401 g/mol. The minimum Gasteiger partial charge on any atom is -0.369 e. The average Bonchev–Trinajstić information content (AvgIpc) is 2.91. The van der Waals surface area contributed by atoms with Crippen LogP contribution in [0.1, 0.15) is 70.8 Å². The molecule has 1 aliphatic carbocycles. The van der Waals surface area contributed by atoms with Gasteiger partial charge >= 0.3 is 0 Å². The molecule has 2 unspecified atom stereocenters. The molecular weight excluding hydrogens is 373 g/mol. The zero-order valence-corrected chi connectivity index (χ0v) is 15.9. The van der Waals surface area contributed by atoms with Gasteiger partial charge in [0, 0.05) is 12.5 Å². The molecule has 3 nitrogen and oxygen atoms in total. The van der Waals surface area contributed by atoms with Gasteiger partial charge in [-0.15, -0.1) is 0 Å². The Balaban J connectivity index is 2.30. The number of hydrogen-bond donors (Lipinski definition) is 1. The van der Waals surface area contributed by atoms with Crippen molar-refractivity contribution in [2.24, 2.45) is 11.8 Å². The van der Waals surface area contributed by atoms with E-state index in [0.717, 1.165) is 30.5 Å². The highest BCUT2D eigenvalue weighted by atomic mass is 127. The van der Waals surface area contributed by atoms with E-state index in [1.165, 1.54) is 34.9 Å². The Hall–Kier alpha value is -0.390. The molecule has 1 saturated carbocycles. The molecule has 1 aromatic rings. The van der Waals surface area contributed by atoms with Crippen LogP contribution in [0.3, 0.4) is 0 Å². The maximum atomic E-state index is 4.95. The Bertz CT molecular complexity index is 473. The summed E-state index contributed by atoms with van der Waals surface area (Å²) in [6.45, 7) is 9.86. The summed E-state index contributed by atoms with van der Waals surface area (Å²) in [4.78, 5) is 9.80. The van der Waals surface area contributed by atoms with Crippen LogP contribution in [0.4, 0.5) is 5.82 Å². The number of aromatic nitrogens is 2. The van der Waals surface area contributed by atoms with Crippen molar-refractivity contribution in [2.75, 3.05) is 11.9 Å². The van der Waals surface area contributed by atoms with Crippen molar-refractivity contribution in [1.29, 1.82) is 0 Å². The fourth-order valence-corrected chi connectivity index (χ4v) is 3.83. The molecular formula is C17H28IN3. The summed E-state index contributed by atoms with van der Waals surface area (Å²) in [5, 5.41) is 3.42. The summed E-state index contributed by atoms with van der Waals surface area (Å²) in [5.41, 5.74) is 1.23. The predicted octanol–water partition coefficient (Wildman–Crippen LogP) is 5.01. The van der Waals surface area contributed by atoms with Crippen LogP contribution < -0.4 is 5.32 Å². The van der Waals surface area contributed by atoms with Gasteiger partial charge in [0.2, 0.25) is 0 Å². The van der Waals surface area contributed by atoms with Gasteiger partial charge in [0.25, 0.3) is 0 Å². The lowest BCUT2D eigenvalue weighted by atomic mass is 10.0. The van der Waals surface area contributed by atoms with Crippen LogP contribution in [0.25, 0.3) is 0 Å². The van der Waals surface area contributed by atoms with Gasteiger partial charge in [0.1, 0.15) is 11.6 Å². The van der Waals surface area contributed by atoms with Crippen molar-refractivity contribution in [1.82, 2.24) is 9.97 Å². The number of nitrogens with one attached hydrogen (secondary N) is 1. The second-order valence-corrected chi connectivity index (χ2v) is 7.68. The summed E-state index contributed by atoms with van der Waals surface area (Å²) in [6, 6.07) is 0. The smallest absolute Gasteiger partial charge is 0.143 e. The number of hydrogen-bond acceptors (Lipinski definition) is 3. The van der Waals surface area contributed by atoms with Crippen LogP contribution in [0.15, 0.2) is 0 Å². The quantitative estimate of drug-likeness (QED) is 0.682. The second-order valence-electron chi connectivity index (χ2n) is 6.60. The van der Waals surface area contributed by atoms with E-state index in [0.29, 0.717) is 11.8 Å². The van der Waals surface area contributed by atoms with Crippen molar-refractivity contribution < 1.29 is 0 Å². The zero-order chi connectivity index (χ0) is 15.4. The largest absolute Gasteiger partial charge is 0.369 e. The van der Waals surface area contributed by atoms with Crippen LogP contribution in [0.5, 0.6) is 0 Å². The number of anilines is 1. The molecule has 1 aliphatic rings. The Kier molecular flexibility index (Phi) is 6.26. The Morgan fingerprint density at radius 3 is 2.57 bits per heavy atom. The first-order valence-corrected chi connectivity index (χ1v) is 9.43. The third-order valence-electron chi connectivity index (χ3n) is 4.37. The first-order valence-electron chi connectivity index (χ1n) is 8.35. The summed E-state index contributed by atoms with van der Waals surface area (Å²) >= 11 is 2.40. The Labute approximate surface area is 142 Å². The van der Waals surface area contributed by atoms with E-state index in [2.05, 4.69) is 55.6 Å². The van der Waals surface area contributed by atoms with Crippen LogP contribution in [-0.2, 0) is 6.42 Å². The lowest BCUT2D eigenvalue weighted by Crippen LogP contribution is -2.13. The van der Waals surface area contributed by atoms with Gasteiger partial charge in [0.15, 0.2) is 0 Å². The number of nitrogens with zero attached hydrogens (tertiary/aromatic N) is 2. The second kappa shape index (κ2) is 7.75. The number of halogens is 1. The molecule has 0 aromatic carbocycles. The predicted molar refractivity (Wildman–Crippen MR) is 97.8 cm³/mol. The van der Waals surface area contributed by atoms with Crippen LogP contribution in [-0.4, -0.2) is 16.5 Å². The standard InChI is InChI=1S/C17H28IN3/c1-5-12-7-8-13(10-12)16-20-14(9-11(3)4)15(18)17(21-16)19-6-2/h11-13H,5-10H2,1-4H3,(H,19,20,21). The third-order valence-corrected chi connectivity index (χ3v) is 5.50. The fourth-order valence-electron chi connectivity index (χ4n) is 3.18. The molecule has 1 aromatic heterocycles. The topological polar surface area (TPSA) is 37.8 Å². The molecule has 0 aliphatic heterocycles. The van der Waals surface area contributed by atoms with E-state index in [9.17, 15) is 0 Å². The lowest BCUT2D eigenvalue weighted by Gasteiger charge is -2.16. The van der Waals surface area contributed by atoms with Gasteiger partial charge in [-0.2, -0.15) is 0 Å². The molecule has 1 fully saturated rings. The van der Waals surface area contributed by atoms with Crippen molar-refractivity contribution in [2.45, 2.75) is 65.7 Å². The van der Waals surface area contributed by atoms with Crippen molar-refractivity contribution in [3.63, 3.8) is 0 Å². The highest BCUT2D eigenvalue weighted by Gasteiger charge is 2.28. The first kappa shape index (κ1) is 17.0. The molecule has 118 valence electrons. The summed E-state index contributed by atoms with van der Waals surface area (Å²) in [6.07, 6.45) is 6.19. The maximum absolute atomic E-state index is 4.95. The van der Waals surface area contributed by atoms with Gasteiger partial charge < -0.3 is 5.32 Å². The van der Waals surface area contributed by atoms with E-state index >= 15 is 0 Å². The van der Waals surface area contributed by atoms with E-state index < -0.39 is 0 Å². The summed E-state index contributed by atoms with van der Waals surface area (Å²) < 4.78 is 1.21. The molecule has 0 spiro atoms. The lowest BCUT2D eigenvalue weighted by molar-refractivity contribution is 0.515. The van der Waals surface area contributed by atoms with Gasteiger partial charge in [-0.1, -0.05) is 27.2 Å². The molecule has 4 heteroatoms. The molecule has 1 N–H and O–H groups in total. The van der Waals surface area contributed by atoms with Crippen LogP contribution in [0, 0.1) is 15.4 Å². The molecule has 1 heterocycles. The highest BCUT2D eigenvalue weighted by molar-refractivity contribution is 14.1. The Morgan fingerprint density at radius 1 is 1.24 bits per heavy atom. The minimum absolute atomic E-state index is 0.565. The van der Waals surface area contributed by atoms with Gasteiger partial charge in [-0.25, -0.2) is 9.97 Å². The molecule has 0 radical (unpaired) electrons. The SMILES string of the molecule is CCNc1nc(C2CCC(CC)C2)nc(CC(C)C)c1I. The van der Waals surface area contributed by atoms with E-state index in [1.54, 1.807) is 0 Å². The normalized spacial score (nSPS) is 22.0. The molecule has 0 saturated heterocycles. The van der Waals surface area contributed by atoms with Crippen molar-refractivity contribution >= 4 is 28.4 Å². The van der Waals surface area contributed by atoms with E-state index in [-0.39, 0.29) is 0 Å². The molecule has 21 heavy (non-hydrogen) atoms. The van der Waals surface area contributed by atoms with Gasteiger partial charge in [-0.3, -0.25) is 0 Å². The van der Waals surface area contributed by atoms with E-state index in [4.69, 9.17) is 9.97 Å². The van der Waals surface area contributed by atoms with Gasteiger partial charge in [-0.05, 0) is 67.0 Å². The highest BCUT2D eigenvalue weighted by Crippen LogP contribution is 2.39. The molecule has 0 amide bonds. The fraction of sp³-hybridized carbons (Fsp3) is 0.765. The molecule has 2 atom stereocenters. The van der Waals surface area contributed by atoms with Gasteiger partial charge in [0.05, 0.1) is 9.26 Å². The van der Waals surface area contributed by atoms with Crippen molar-refractivity contribution in [3.8, 4) is 0 Å². The van der Waals surface area contributed by atoms with Crippen LogP contribution in [0.2, 0.25) is 0 Å². The minimum atomic E-state index is 0.565. The molecule has 2 rings (SSSR count).